The summed E-state index contributed by atoms with van der Waals surface area (Å²) in [5, 5.41) is 0. The molecule has 170 valence electrons. The fourth-order valence-corrected chi connectivity index (χ4v) is 8.20. The lowest BCUT2D eigenvalue weighted by Gasteiger charge is -2.58. The summed E-state index contributed by atoms with van der Waals surface area (Å²) in [5.41, 5.74) is 1.11. The highest BCUT2D eigenvalue weighted by Gasteiger charge is 2.69. The summed E-state index contributed by atoms with van der Waals surface area (Å²) in [5.74, 6) is 1.38. The summed E-state index contributed by atoms with van der Waals surface area (Å²) in [7, 11) is 1.77. The zero-order chi connectivity index (χ0) is 22.0. The number of ether oxygens (including phenoxy) is 3. The molecule has 1 saturated heterocycles. The molecule has 0 aromatic heterocycles. The number of allylic oxidation sites excluding steroid dienone is 4. The molecule has 0 bridgehead atoms. The first-order chi connectivity index (χ1) is 14.8. The average molecular weight is 429 g/mol. The van der Waals surface area contributed by atoms with Crippen LogP contribution in [0.2, 0.25) is 0 Å². The van der Waals surface area contributed by atoms with Crippen molar-refractivity contribution in [1.82, 2.24) is 0 Å². The maximum Gasteiger partial charge on any atom is 0.321 e. The summed E-state index contributed by atoms with van der Waals surface area (Å²) in [6.07, 6.45) is 12.7. The van der Waals surface area contributed by atoms with Crippen LogP contribution in [0, 0.1) is 34.5 Å². The second-order valence-electron chi connectivity index (χ2n) is 10.9. The van der Waals surface area contributed by atoms with Crippen molar-refractivity contribution in [3.05, 3.63) is 23.5 Å². The van der Waals surface area contributed by atoms with Gasteiger partial charge in [0.25, 0.3) is 0 Å². The van der Waals surface area contributed by atoms with E-state index in [0.29, 0.717) is 30.8 Å². The number of carbonyl (C=O) groups is 2. The zero-order valence-corrected chi connectivity index (χ0v) is 19.4. The van der Waals surface area contributed by atoms with Crippen molar-refractivity contribution in [3.8, 4) is 0 Å². The minimum Gasteiger partial charge on any atom is -0.501 e. The molecule has 0 radical (unpaired) electrons. The molecule has 7 atom stereocenters. The number of hydrogen-bond donors (Lipinski definition) is 0. The van der Waals surface area contributed by atoms with E-state index in [4.69, 9.17) is 14.2 Å². The third-order valence-electron chi connectivity index (χ3n) is 9.97. The molecule has 4 aliphatic carbocycles. The van der Waals surface area contributed by atoms with Gasteiger partial charge in [0, 0.05) is 18.3 Å². The predicted molar refractivity (Wildman–Crippen MR) is 116 cm³/mol. The fraction of sp³-hybridized carbons (Fsp3) is 0.769. The molecule has 0 aromatic rings. The maximum absolute atomic E-state index is 12.7. The van der Waals surface area contributed by atoms with Crippen LogP contribution >= 0.6 is 0 Å². The van der Waals surface area contributed by atoms with Gasteiger partial charge in [-0.2, -0.15) is 0 Å². The number of fused-ring (bicyclic) bond motifs is 6. The first kappa shape index (κ1) is 21.1. The second kappa shape index (κ2) is 7.11. The minimum atomic E-state index is -0.750. The summed E-state index contributed by atoms with van der Waals surface area (Å²) < 4.78 is 16.9. The van der Waals surface area contributed by atoms with E-state index in [-0.39, 0.29) is 16.8 Å². The second-order valence-corrected chi connectivity index (χ2v) is 10.9. The lowest BCUT2D eigenvalue weighted by Crippen LogP contribution is -2.54. The molecular weight excluding hydrogens is 392 g/mol. The normalized spacial score (nSPS) is 45.7. The van der Waals surface area contributed by atoms with E-state index in [1.54, 1.807) is 14.0 Å². The van der Waals surface area contributed by atoms with E-state index < -0.39 is 17.5 Å². The van der Waals surface area contributed by atoms with Crippen LogP contribution < -0.4 is 0 Å². The molecule has 3 fully saturated rings. The van der Waals surface area contributed by atoms with Gasteiger partial charge >= 0.3 is 11.9 Å². The van der Waals surface area contributed by atoms with Crippen molar-refractivity contribution < 1.29 is 23.8 Å². The number of esters is 2. The van der Waals surface area contributed by atoms with Crippen LogP contribution in [0.1, 0.15) is 72.1 Å². The maximum atomic E-state index is 12.7. The third-order valence-corrected chi connectivity index (χ3v) is 9.97. The topological polar surface area (TPSA) is 61.8 Å². The number of carbonyl (C=O) groups excluding carboxylic acids is 2. The quantitative estimate of drug-likeness (QED) is 0.470. The summed E-state index contributed by atoms with van der Waals surface area (Å²) in [4.78, 5) is 25.1. The van der Waals surface area contributed by atoms with Crippen LogP contribution in [0.15, 0.2) is 23.5 Å². The van der Waals surface area contributed by atoms with Crippen molar-refractivity contribution in [2.45, 2.75) is 77.7 Å². The SMILES string of the molecule is CCOC(=O)[C@@H]1C[C@@]2(CC[C@H]3[C@@H]4CC=C5C=C(OC)CC[C@]5(C)[C@@H]4CC[C@@]32C)OC1=O. The molecule has 1 heterocycles. The van der Waals surface area contributed by atoms with E-state index in [0.717, 1.165) is 50.7 Å². The van der Waals surface area contributed by atoms with E-state index in [2.05, 4.69) is 26.0 Å². The monoisotopic (exact) mass is 428 g/mol. The molecular formula is C26H36O5. The van der Waals surface area contributed by atoms with Crippen LogP contribution in [0.3, 0.4) is 0 Å². The Morgan fingerprint density at radius 2 is 1.97 bits per heavy atom. The largest absolute Gasteiger partial charge is 0.501 e. The molecule has 0 aromatic carbocycles. The van der Waals surface area contributed by atoms with Crippen LogP contribution in [-0.2, 0) is 23.8 Å². The van der Waals surface area contributed by atoms with Crippen molar-refractivity contribution in [2.75, 3.05) is 13.7 Å². The Balaban J connectivity index is 1.43. The van der Waals surface area contributed by atoms with E-state index >= 15 is 0 Å². The Morgan fingerprint density at radius 1 is 1.19 bits per heavy atom. The van der Waals surface area contributed by atoms with Crippen molar-refractivity contribution in [1.29, 1.82) is 0 Å². The molecule has 5 nitrogen and oxygen atoms in total. The van der Waals surface area contributed by atoms with Crippen molar-refractivity contribution in [2.24, 2.45) is 34.5 Å². The van der Waals surface area contributed by atoms with Gasteiger partial charge in [0.15, 0.2) is 5.92 Å². The van der Waals surface area contributed by atoms with Gasteiger partial charge in [-0.1, -0.05) is 19.9 Å². The lowest BCUT2D eigenvalue weighted by atomic mass is 9.47. The Morgan fingerprint density at radius 3 is 2.71 bits per heavy atom. The third kappa shape index (κ3) is 2.80. The van der Waals surface area contributed by atoms with E-state index in [1.807, 2.05) is 0 Å². The Labute approximate surface area is 185 Å². The molecule has 0 amide bonds. The standard InChI is InChI=1S/C26H36O5/c1-5-30-22(27)19-15-26(31-23(19)28)13-10-21-18-7-6-16-14-17(29-4)8-11-24(16,2)20(18)9-12-25(21,26)3/h6,14,18-21H,5,7-13,15H2,1-4H3/t18-,19+,20-,21+,24+,25+,26-/m1/s1. The van der Waals surface area contributed by atoms with E-state index in [1.165, 1.54) is 5.57 Å². The highest BCUT2D eigenvalue weighted by Crippen LogP contribution is 2.69. The van der Waals surface area contributed by atoms with Gasteiger partial charge in [0.1, 0.15) is 5.60 Å². The highest BCUT2D eigenvalue weighted by molar-refractivity contribution is 5.96. The number of rotatable bonds is 3. The average Bonchev–Trinajstić information content (AvgIpc) is 3.24. The fourth-order valence-electron chi connectivity index (χ4n) is 8.20. The number of hydrogen-bond acceptors (Lipinski definition) is 5. The highest BCUT2D eigenvalue weighted by atomic mass is 16.6. The molecule has 1 spiro atoms. The van der Waals surface area contributed by atoms with Gasteiger partial charge in [-0.15, -0.1) is 0 Å². The molecule has 2 saturated carbocycles. The van der Waals surface area contributed by atoms with Crippen LogP contribution in [0.4, 0.5) is 0 Å². The Bertz CT molecular complexity index is 858. The van der Waals surface area contributed by atoms with Crippen molar-refractivity contribution >= 4 is 11.9 Å². The smallest absolute Gasteiger partial charge is 0.321 e. The number of methoxy groups -OCH3 is 1. The Hall–Kier alpha value is -1.78. The first-order valence-electron chi connectivity index (χ1n) is 12.1. The van der Waals surface area contributed by atoms with Crippen molar-refractivity contribution in [3.63, 3.8) is 0 Å². The van der Waals surface area contributed by atoms with Gasteiger partial charge in [0.05, 0.1) is 19.5 Å². The molecule has 5 rings (SSSR count). The van der Waals surface area contributed by atoms with Gasteiger partial charge in [0.2, 0.25) is 0 Å². The molecule has 0 N–H and O–H groups in total. The van der Waals surface area contributed by atoms with Crippen LogP contribution in [0.5, 0.6) is 0 Å². The van der Waals surface area contributed by atoms with Gasteiger partial charge < -0.3 is 14.2 Å². The zero-order valence-electron chi connectivity index (χ0n) is 19.4. The van der Waals surface area contributed by atoms with Gasteiger partial charge in [-0.3, -0.25) is 9.59 Å². The molecule has 5 heteroatoms. The summed E-state index contributed by atoms with van der Waals surface area (Å²) in [6.45, 7) is 6.88. The van der Waals surface area contributed by atoms with Gasteiger partial charge in [-0.25, -0.2) is 0 Å². The first-order valence-corrected chi connectivity index (χ1v) is 12.1. The lowest BCUT2D eigenvalue weighted by molar-refractivity contribution is -0.169. The van der Waals surface area contributed by atoms with E-state index in [9.17, 15) is 9.59 Å². The molecule has 31 heavy (non-hydrogen) atoms. The van der Waals surface area contributed by atoms with Gasteiger partial charge in [-0.05, 0) is 80.3 Å². The van der Waals surface area contributed by atoms with Crippen LogP contribution in [-0.4, -0.2) is 31.3 Å². The molecule has 1 aliphatic heterocycles. The summed E-state index contributed by atoms with van der Waals surface area (Å²) in [6, 6.07) is 0. The predicted octanol–water partition coefficient (Wildman–Crippen LogP) is 4.95. The molecule has 0 unspecified atom stereocenters. The Kier molecular flexibility index (Phi) is 4.84. The summed E-state index contributed by atoms with van der Waals surface area (Å²) >= 11 is 0. The minimum absolute atomic E-state index is 0.0605. The molecule has 5 aliphatic rings. The van der Waals surface area contributed by atoms with Crippen LogP contribution in [0.25, 0.3) is 0 Å².